The molecule has 0 N–H and O–H groups in total. The minimum atomic E-state index is -3.06. The van der Waals surface area contributed by atoms with Gasteiger partial charge in [-0.1, -0.05) is 13.3 Å². The Bertz CT molecular complexity index is 824. The van der Waals surface area contributed by atoms with E-state index in [1.807, 2.05) is 0 Å². The Morgan fingerprint density at radius 3 is 1.06 bits per heavy atom. The van der Waals surface area contributed by atoms with E-state index in [-0.39, 0.29) is 0 Å². The van der Waals surface area contributed by atoms with Crippen LogP contribution in [0.15, 0.2) is 91.0 Å². The van der Waals surface area contributed by atoms with Crippen molar-refractivity contribution in [2.45, 2.75) is 84.0 Å². The van der Waals surface area contributed by atoms with E-state index < -0.39 is 5.96 Å². The van der Waals surface area contributed by atoms with Crippen molar-refractivity contribution in [1.29, 1.82) is 0 Å². The molecule has 0 radical (unpaired) electrons. The molecule has 184 valence electrons. The Balaban J connectivity index is 1.66. The molecule has 0 atom stereocenters. The third-order valence-corrected chi connectivity index (χ3v) is 14.9. The van der Waals surface area contributed by atoms with Crippen molar-refractivity contribution in [1.82, 2.24) is 0 Å². The Kier molecular flexibility index (Phi) is 11.2. The molecule has 0 aromatic heterocycles. The Labute approximate surface area is 213 Å². The monoisotopic (exact) mass is 494 g/mol. The molecular weight excluding hydrogens is 451 g/mol. The van der Waals surface area contributed by atoms with Gasteiger partial charge in [-0.2, -0.15) is 0 Å². The van der Waals surface area contributed by atoms with E-state index in [4.69, 9.17) is 11.2 Å². The molecule has 0 aliphatic heterocycles. The fraction of sp³-hybridized carbons (Fsp3) is 0.438. The second kappa shape index (κ2) is 14.1. The van der Waals surface area contributed by atoms with Crippen LogP contribution in [0.4, 0.5) is 0 Å². The Hall–Kier alpha value is -1.62. The van der Waals surface area contributed by atoms with E-state index >= 15 is 0 Å². The normalized spacial score (nSPS) is 12.8. The topological polar surface area (TPSA) is 0 Å². The summed E-state index contributed by atoms with van der Waals surface area (Å²) >= 11 is 8.14. The molecule has 0 spiro atoms. The van der Waals surface area contributed by atoms with Gasteiger partial charge >= 0.3 is 201 Å². The SMILES string of the molecule is CCCCCCCCCCCCCCP(Cl)(c1ccccc1)(c1ccccc1)c1ccccc1. The molecule has 0 nitrogen and oxygen atoms in total. The van der Waals surface area contributed by atoms with Crippen LogP contribution in [0.25, 0.3) is 0 Å². The van der Waals surface area contributed by atoms with Gasteiger partial charge in [-0.3, -0.25) is 0 Å². The van der Waals surface area contributed by atoms with Crippen LogP contribution in [0.3, 0.4) is 0 Å². The van der Waals surface area contributed by atoms with Gasteiger partial charge in [0.05, 0.1) is 0 Å². The zero-order chi connectivity index (χ0) is 24.0. The first-order chi connectivity index (χ1) is 16.7. The van der Waals surface area contributed by atoms with Gasteiger partial charge in [-0.05, 0) is 0 Å². The van der Waals surface area contributed by atoms with Gasteiger partial charge in [0.25, 0.3) is 0 Å². The minimum absolute atomic E-state index is 1.02. The second-order valence-corrected chi connectivity index (χ2v) is 16.4. The van der Waals surface area contributed by atoms with Gasteiger partial charge in [0, 0.05) is 0 Å². The number of halogens is 1. The van der Waals surface area contributed by atoms with Gasteiger partial charge in [-0.15, -0.1) is 0 Å². The molecule has 0 aliphatic carbocycles. The summed E-state index contributed by atoms with van der Waals surface area (Å²) in [6.07, 6.45) is 17.3. The molecular formula is C32H44ClP. The van der Waals surface area contributed by atoms with Crippen molar-refractivity contribution in [3.05, 3.63) is 91.0 Å². The third-order valence-electron chi connectivity index (χ3n) is 7.32. The van der Waals surface area contributed by atoms with Crippen molar-refractivity contribution in [3.63, 3.8) is 0 Å². The third kappa shape index (κ3) is 6.74. The number of rotatable bonds is 16. The molecule has 3 rings (SSSR count). The molecule has 2 heteroatoms. The molecule has 0 saturated heterocycles. The number of hydrogen-bond donors (Lipinski definition) is 0. The maximum atomic E-state index is 8.14. The number of hydrogen-bond acceptors (Lipinski definition) is 0. The predicted octanol–water partition coefficient (Wildman–Crippen LogP) is 9.37. The van der Waals surface area contributed by atoms with Crippen molar-refractivity contribution >= 4 is 33.1 Å². The van der Waals surface area contributed by atoms with Gasteiger partial charge in [0.2, 0.25) is 0 Å². The molecule has 0 bridgehead atoms. The first-order valence-electron chi connectivity index (χ1n) is 13.6. The first kappa shape index (κ1) is 27.0. The van der Waals surface area contributed by atoms with E-state index in [9.17, 15) is 0 Å². The van der Waals surface area contributed by atoms with E-state index in [2.05, 4.69) is 97.9 Å². The van der Waals surface area contributed by atoms with Gasteiger partial charge < -0.3 is 0 Å². The van der Waals surface area contributed by atoms with Crippen molar-refractivity contribution in [2.24, 2.45) is 0 Å². The van der Waals surface area contributed by atoms with Crippen molar-refractivity contribution in [2.75, 3.05) is 6.16 Å². The number of unbranched alkanes of at least 4 members (excludes halogenated alkanes) is 11. The van der Waals surface area contributed by atoms with E-state index in [1.165, 1.54) is 86.5 Å². The van der Waals surface area contributed by atoms with Gasteiger partial charge in [0.15, 0.2) is 0 Å². The summed E-state index contributed by atoms with van der Waals surface area (Å²) in [5.41, 5.74) is 0. The van der Waals surface area contributed by atoms with Crippen molar-refractivity contribution in [3.8, 4) is 0 Å². The van der Waals surface area contributed by atoms with E-state index in [0.29, 0.717) is 0 Å². The summed E-state index contributed by atoms with van der Waals surface area (Å²) in [5, 5.41) is 3.86. The van der Waals surface area contributed by atoms with Crippen molar-refractivity contribution < 1.29 is 0 Å². The van der Waals surface area contributed by atoms with E-state index in [1.54, 1.807) is 0 Å². The van der Waals surface area contributed by atoms with Crippen LogP contribution in [-0.4, -0.2) is 6.16 Å². The fourth-order valence-corrected chi connectivity index (χ4v) is 11.5. The average molecular weight is 495 g/mol. The zero-order valence-electron chi connectivity index (χ0n) is 21.2. The van der Waals surface area contributed by atoms with Crippen LogP contribution in [0.5, 0.6) is 0 Å². The molecule has 0 unspecified atom stereocenters. The summed E-state index contributed by atoms with van der Waals surface area (Å²) in [7, 11) is 0. The van der Waals surface area contributed by atoms with Crippen LogP contribution >= 0.6 is 17.2 Å². The molecule has 3 aromatic rings. The van der Waals surface area contributed by atoms with Crippen LogP contribution in [0.2, 0.25) is 0 Å². The van der Waals surface area contributed by atoms with Crippen LogP contribution in [0, 0.1) is 0 Å². The predicted molar refractivity (Wildman–Crippen MR) is 157 cm³/mol. The quantitative estimate of drug-likeness (QED) is 0.137. The zero-order valence-corrected chi connectivity index (χ0v) is 22.8. The van der Waals surface area contributed by atoms with Crippen LogP contribution < -0.4 is 15.9 Å². The molecule has 0 saturated carbocycles. The number of benzene rings is 3. The van der Waals surface area contributed by atoms with Crippen LogP contribution in [-0.2, 0) is 0 Å². The summed E-state index contributed by atoms with van der Waals surface area (Å²) in [6, 6.07) is 32.7. The summed E-state index contributed by atoms with van der Waals surface area (Å²) in [5.74, 6) is -3.06. The first-order valence-corrected chi connectivity index (χ1v) is 16.9. The average Bonchev–Trinajstić information content (AvgIpc) is 2.91. The standard InChI is InChI=1S/C32H44ClP/c1-2-3-4-5-6-7-8-9-10-11-12-22-29-34(33,30-23-16-13-17-24-30,31-25-18-14-19-26-31)32-27-20-15-21-28-32/h13-21,23-28H,2-12,22,29H2,1H3. The second-order valence-electron chi connectivity index (χ2n) is 9.80. The molecule has 0 heterocycles. The van der Waals surface area contributed by atoms with Gasteiger partial charge in [0.1, 0.15) is 0 Å². The molecule has 0 aliphatic rings. The summed E-state index contributed by atoms with van der Waals surface area (Å²) in [4.78, 5) is 0. The fourth-order valence-electron chi connectivity index (χ4n) is 5.30. The molecule has 3 aromatic carbocycles. The summed E-state index contributed by atoms with van der Waals surface area (Å²) < 4.78 is 0. The molecule has 0 fully saturated rings. The summed E-state index contributed by atoms with van der Waals surface area (Å²) in [6.45, 7) is 2.29. The molecule has 34 heavy (non-hydrogen) atoms. The Morgan fingerprint density at radius 2 is 0.735 bits per heavy atom. The van der Waals surface area contributed by atoms with E-state index in [0.717, 1.165) is 12.6 Å². The maximum absolute atomic E-state index is 8.14. The van der Waals surface area contributed by atoms with Crippen LogP contribution in [0.1, 0.15) is 84.0 Å². The Morgan fingerprint density at radius 1 is 0.441 bits per heavy atom. The molecule has 0 amide bonds. The van der Waals surface area contributed by atoms with Gasteiger partial charge in [-0.25, -0.2) is 0 Å².